The van der Waals surface area contributed by atoms with E-state index in [2.05, 4.69) is 75.9 Å². The highest BCUT2D eigenvalue weighted by molar-refractivity contribution is 5.72. The molecule has 9 rings (SSSR count). The third kappa shape index (κ3) is 7.16. The lowest BCUT2D eigenvalue weighted by Crippen LogP contribution is -2.39. The molecule has 300 valence electrons. The number of anilines is 1. The molecule has 3 N–H and O–H groups in total. The number of aliphatic hydroxyl groups is 1. The van der Waals surface area contributed by atoms with Gasteiger partial charge < -0.3 is 24.5 Å². The Labute approximate surface area is 349 Å². The fourth-order valence-corrected chi connectivity index (χ4v) is 9.00. The normalized spacial score (nSPS) is 17.0. The van der Waals surface area contributed by atoms with E-state index in [0.29, 0.717) is 31.0 Å². The summed E-state index contributed by atoms with van der Waals surface area (Å²) in [5.41, 5.74) is 4.41. The maximum absolute atomic E-state index is 13.8. The molecule has 0 unspecified atom stereocenters. The van der Waals surface area contributed by atoms with Crippen LogP contribution in [0.4, 0.5) is 5.95 Å². The number of hydrogen-bond acceptors (Lipinski definition) is 7. The summed E-state index contributed by atoms with van der Waals surface area (Å²) in [6.07, 6.45) is 2.92. The molecule has 0 radical (unpaired) electrons. The van der Waals surface area contributed by atoms with Gasteiger partial charge in [0.05, 0.1) is 26.1 Å². The molecule has 0 amide bonds. The summed E-state index contributed by atoms with van der Waals surface area (Å²) in [6.45, 7) is 0.343. The van der Waals surface area contributed by atoms with Crippen molar-refractivity contribution in [3.63, 3.8) is 0 Å². The van der Waals surface area contributed by atoms with E-state index in [1.807, 2.05) is 120 Å². The van der Waals surface area contributed by atoms with Crippen molar-refractivity contribution in [1.29, 1.82) is 0 Å². The molecule has 1 saturated carbocycles. The number of aromatic amines is 1. The Kier molecular flexibility index (Phi) is 10.8. The number of benzene rings is 6. The Hall–Kier alpha value is -6.81. The van der Waals surface area contributed by atoms with Gasteiger partial charge in [0.15, 0.2) is 11.2 Å². The average Bonchev–Trinajstić information content (AvgIpc) is 3.75. The van der Waals surface area contributed by atoms with Gasteiger partial charge in [-0.05, 0) is 64.8 Å². The summed E-state index contributed by atoms with van der Waals surface area (Å²) in [5.74, 6) is 0.901. The van der Waals surface area contributed by atoms with Gasteiger partial charge in [-0.3, -0.25) is 9.78 Å². The minimum atomic E-state index is -0.952. The number of aromatic nitrogens is 4. The zero-order valence-corrected chi connectivity index (χ0v) is 33.4. The van der Waals surface area contributed by atoms with Gasteiger partial charge in [0.1, 0.15) is 16.9 Å². The van der Waals surface area contributed by atoms with E-state index in [-0.39, 0.29) is 23.0 Å². The topological polar surface area (TPSA) is 114 Å². The van der Waals surface area contributed by atoms with Gasteiger partial charge in [-0.15, -0.1) is 0 Å². The highest BCUT2D eigenvalue weighted by atomic mass is 16.5. The standard InChI is InChI=1S/C51H47N5O4/c1-59-44-31-28-39(29-32-44)50(37-17-7-2-8-18-37,38-19-9-3-10-20-38)55-49-53-47-46(48(58)54-49)52-35-56(47)43-30-27-36(45(57)33-43)34-60-51(40-21-11-4-12-22-40,41-23-13-5-14-24-41)42-25-15-6-16-26-42/h2-26,28-29,31-32,35-36,43,45,57H,27,30,33-34H2,1H3,(H2,53,54,55,58)/t36-,43-,45+/m1/s1. The molecular formula is C51H47N5O4. The largest absolute Gasteiger partial charge is 0.497 e. The summed E-state index contributed by atoms with van der Waals surface area (Å²) in [4.78, 5) is 26.5. The van der Waals surface area contributed by atoms with Crippen molar-refractivity contribution in [3.8, 4) is 5.75 Å². The van der Waals surface area contributed by atoms with Crippen LogP contribution in [-0.2, 0) is 15.9 Å². The molecular weight excluding hydrogens is 747 g/mol. The highest BCUT2D eigenvalue weighted by Crippen LogP contribution is 2.43. The van der Waals surface area contributed by atoms with Crippen molar-refractivity contribution < 1.29 is 14.6 Å². The van der Waals surface area contributed by atoms with Crippen LogP contribution in [0.3, 0.4) is 0 Å². The fourth-order valence-electron chi connectivity index (χ4n) is 9.00. The predicted octanol–water partition coefficient (Wildman–Crippen LogP) is 9.24. The number of rotatable bonds is 13. The lowest BCUT2D eigenvalue weighted by Gasteiger charge is -2.39. The quantitative estimate of drug-likeness (QED) is 0.0998. The van der Waals surface area contributed by atoms with Gasteiger partial charge in [-0.1, -0.05) is 164 Å². The number of methoxy groups -OCH3 is 1. The van der Waals surface area contributed by atoms with Crippen LogP contribution in [0, 0.1) is 5.92 Å². The third-order valence-corrected chi connectivity index (χ3v) is 12.1. The summed E-state index contributed by atoms with van der Waals surface area (Å²) < 4.78 is 14.6. The molecule has 0 bridgehead atoms. The van der Waals surface area contributed by atoms with Gasteiger partial charge in [-0.25, -0.2) is 4.98 Å². The van der Waals surface area contributed by atoms with Gasteiger partial charge in [0, 0.05) is 12.0 Å². The van der Waals surface area contributed by atoms with E-state index in [1.165, 1.54) is 0 Å². The number of hydrogen-bond donors (Lipinski definition) is 3. The molecule has 9 heteroatoms. The summed E-state index contributed by atoms with van der Waals surface area (Å²) >= 11 is 0. The Morgan fingerprint density at radius 2 is 1.17 bits per heavy atom. The summed E-state index contributed by atoms with van der Waals surface area (Å²) in [6, 6.07) is 59.0. The van der Waals surface area contributed by atoms with Gasteiger partial charge in [-0.2, -0.15) is 4.98 Å². The molecule has 0 spiro atoms. The van der Waals surface area contributed by atoms with Crippen LogP contribution in [-0.4, -0.2) is 44.4 Å². The second-order valence-electron chi connectivity index (χ2n) is 15.5. The van der Waals surface area contributed by atoms with E-state index in [9.17, 15) is 9.90 Å². The first-order valence-electron chi connectivity index (χ1n) is 20.5. The van der Waals surface area contributed by atoms with Crippen molar-refractivity contribution >= 4 is 17.1 Å². The smallest absolute Gasteiger partial charge is 0.280 e. The zero-order valence-electron chi connectivity index (χ0n) is 33.4. The minimum Gasteiger partial charge on any atom is -0.497 e. The molecule has 3 atom stereocenters. The number of nitrogens with one attached hydrogen (secondary N) is 2. The molecule has 2 heterocycles. The number of imidazole rings is 1. The fraction of sp³-hybridized carbons (Fsp3) is 0.196. The molecule has 6 aromatic carbocycles. The number of fused-ring (bicyclic) bond motifs is 1. The average molecular weight is 794 g/mol. The van der Waals surface area contributed by atoms with Crippen LogP contribution in [0.15, 0.2) is 187 Å². The van der Waals surface area contributed by atoms with E-state index >= 15 is 0 Å². The van der Waals surface area contributed by atoms with E-state index in [4.69, 9.17) is 14.5 Å². The maximum Gasteiger partial charge on any atom is 0.280 e. The van der Waals surface area contributed by atoms with Crippen molar-refractivity contribution in [3.05, 3.63) is 226 Å². The predicted molar refractivity (Wildman–Crippen MR) is 235 cm³/mol. The zero-order chi connectivity index (χ0) is 40.9. The molecule has 1 aliphatic carbocycles. The molecule has 0 aliphatic heterocycles. The van der Waals surface area contributed by atoms with Crippen LogP contribution in [0.2, 0.25) is 0 Å². The lowest BCUT2D eigenvalue weighted by atomic mass is 9.77. The molecule has 9 nitrogen and oxygen atoms in total. The van der Waals surface area contributed by atoms with Gasteiger partial charge >= 0.3 is 0 Å². The Morgan fingerprint density at radius 1 is 0.683 bits per heavy atom. The van der Waals surface area contributed by atoms with Crippen molar-refractivity contribution in [2.24, 2.45) is 5.92 Å². The number of aliphatic hydroxyl groups excluding tert-OH is 1. The molecule has 8 aromatic rings. The monoisotopic (exact) mass is 793 g/mol. The van der Waals surface area contributed by atoms with Gasteiger partial charge in [0.25, 0.3) is 5.56 Å². The summed E-state index contributed by atoms with van der Waals surface area (Å²) in [5, 5.41) is 15.6. The van der Waals surface area contributed by atoms with E-state index in [0.717, 1.165) is 45.6 Å². The lowest BCUT2D eigenvalue weighted by molar-refractivity contribution is -0.0552. The highest BCUT2D eigenvalue weighted by Gasteiger charge is 2.41. The first kappa shape index (κ1) is 38.7. The van der Waals surface area contributed by atoms with E-state index < -0.39 is 17.2 Å². The van der Waals surface area contributed by atoms with Crippen molar-refractivity contribution in [2.45, 2.75) is 42.5 Å². The van der Waals surface area contributed by atoms with Crippen molar-refractivity contribution in [2.75, 3.05) is 19.0 Å². The Bertz CT molecular complexity index is 2550. The first-order valence-corrected chi connectivity index (χ1v) is 20.5. The number of ether oxygens (including phenoxy) is 2. The number of nitrogens with zero attached hydrogens (tertiary/aromatic N) is 3. The molecule has 1 fully saturated rings. The van der Waals surface area contributed by atoms with Crippen molar-refractivity contribution in [1.82, 2.24) is 19.5 Å². The summed E-state index contributed by atoms with van der Waals surface area (Å²) in [7, 11) is 1.65. The number of H-pyrrole nitrogens is 1. The van der Waals surface area contributed by atoms with Crippen LogP contribution < -0.4 is 15.6 Å². The van der Waals surface area contributed by atoms with Gasteiger partial charge in [0.2, 0.25) is 5.95 Å². The Morgan fingerprint density at radius 3 is 1.65 bits per heavy atom. The third-order valence-electron chi connectivity index (χ3n) is 12.1. The van der Waals surface area contributed by atoms with E-state index in [1.54, 1.807) is 13.4 Å². The second-order valence-corrected chi connectivity index (χ2v) is 15.5. The SMILES string of the molecule is COc1ccc(C(Nc2nc3c(ncn3[C@@H]3CC[C@H](COC(c4ccccc4)(c4ccccc4)c4ccccc4)[C@@H](O)C3)c(=O)[nH]2)(c2ccccc2)c2ccccc2)cc1. The second kappa shape index (κ2) is 16.8. The molecule has 1 aliphatic rings. The molecule has 2 aromatic heterocycles. The van der Waals surface area contributed by atoms with Crippen LogP contribution >= 0.6 is 0 Å². The minimum absolute atomic E-state index is 0.123. The van der Waals surface area contributed by atoms with Crippen LogP contribution in [0.1, 0.15) is 58.7 Å². The first-order chi connectivity index (χ1) is 29.5. The Balaban J connectivity index is 1.03. The van der Waals surface area contributed by atoms with Crippen LogP contribution in [0.25, 0.3) is 11.2 Å². The molecule has 60 heavy (non-hydrogen) atoms. The maximum atomic E-state index is 13.8. The molecule has 0 saturated heterocycles. The van der Waals surface area contributed by atoms with Crippen LogP contribution in [0.5, 0.6) is 5.75 Å².